The van der Waals surface area contributed by atoms with E-state index in [1.165, 1.54) is 0 Å². The topological polar surface area (TPSA) is 47.6 Å². The van der Waals surface area contributed by atoms with E-state index in [0.717, 1.165) is 11.4 Å². The smallest absolute Gasteiger partial charge is 0.225 e. The Bertz CT molecular complexity index is 396. The number of rotatable bonds is 7. The molecule has 100 valence electrons. The molecular weight excluding hydrogens is 250 g/mol. The predicted octanol–water partition coefficient (Wildman–Crippen LogP) is 2.79. The van der Waals surface area contributed by atoms with E-state index in [-0.39, 0.29) is 5.91 Å². The summed E-state index contributed by atoms with van der Waals surface area (Å²) in [5.41, 5.74) is 0.724. The molecule has 0 spiro atoms. The van der Waals surface area contributed by atoms with Crippen LogP contribution in [0.25, 0.3) is 0 Å². The summed E-state index contributed by atoms with van der Waals surface area (Å²) in [5.74, 6) is 2.14. The number of hydrogen-bond acceptors (Lipinski definition) is 4. The standard InChI is InChI=1S/C13H19NO3S/c1-4-17-11-6-5-10(9-12(11)16-2)14-13(15)7-8-18-3/h5-6,9H,4,7-8H2,1-3H3,(H,14,15). The summed E-state index contributed by atoms with van der Waals surface area (Å²) in [4.78, 5) is 11.6. The van der Waals surface area contributed by atoms with Gasteiger partial charge in [-0.15, -0.1) is 0 Å². The summed E-state index contributed by atoms with van der Waals surface area (Å²) in [7, 11) is 1.58. The monoisotopic (exact) mass is 269 g/mol. The van der Waals surface area contributed by atoms with Crippen molar-refractivity contribution >= 4 is 23.4 Å². The Labute approximate surface area is 112 Å². The maximum absolute atomic E-state index is 11.6. The molecular formula is C13H19NO3S. The van der Waals surface area contributed by atoms with Crippen molar-refractivity contribution < 1.29 is 14.3 Å². The highest BCUT2D eigenvalue weighted by molar-refractivity contribution is 7.98. The number of nitrogens with one attached hydrogen (secondary N) is 1. The van der Waals surface area contributed by atoms with Gasteiger partial charge in [-0.3, -0.25) is 4.79 Å². The fourth-order valence-corrected chi connectivity index (χ4v) is 1.83. The van der Waals surface area contributed by atoms with Gasteiger partial charge < -0.3 is 14.8 Å². The van der Waals surface area contributed by atoms with Gasteiger partial charge in [-0.2, -0.15) is 11.8 Å². The molecule has 1 amide bonds. The molecule has 0 aliphatic carbocycles. The van der Waals surface area contributed by atoms with Crippen LogP contribution in [0.3, 0.4) is 0 Å². The van der Waals surface area contributed by atoms with Crippen LogP contribution >= 0.6 is 11.8 Å². The lowest BCUT2D eigenvalue weighted by Crippen LogP contribution is -2.12. The third-order valence-electron chi connectivity index (χ3n) is 2.28. The van der Waals surface area contributed by atoms with E-state index in [1.807, 2.05) is 19.2 Å². The summed E-state index contributed by atoms with van der Waals surface area (Å²) < 4.78 is 10.6. The molecule has 0 aliphatic rings. The summed E-state index contributed by atoms with van der Waals surface area (Å²) in [6, 6.07) is 5.37. The lowest BCUT2D eigenvalue weighted by molar-refractivity contribution is -0.115. The molecule has 1 aromatic carbocycles. The molecule has 0 saturated heterocycles. The van der Waals surface area contributed by atoms with Gasteiger partial charge in [-0.25, -0.2) is 0 Å². The molecule has 0 bridgehead atoms. The number of ether oxygens (including phenoxy) is 2. The first kappa shape index (κ1) is 14.7. The molecule has 5 heteroatoms. The minimum atomic E-state index is 0.00978. The van der Waals surface area contributed by atoms with Crippen LogP contribution in [0.2, 0.25) is 0 Å². The maximum atomic E-state index is 11.6. The molecule has 0 radical (unpaired) electrons. The number of anilines is 1. The first-order valence-electron chi connectivity index (χ1n) is 5.80. The van der Waals surface area contributed by atoms with Gasteiger partial charge in [-0.1, -0.05) is 0 Å². The summed E-state index contributed by atoms with van der Waals surface area (Å²) in [6.45, 7) is 2.49. The van der Waals surface area contributed by atoms with Gasteiger partial charge in [-0.05, 0) is 25.3 Å². The van der Waals surface area contributed by atoms with Gasteiger partial charge in [0.25, 0.3) is 0 Å². The first-order valence-corrected chi connectivity index (χ1v) is 7.20. The fraction of sp³-hybridized carbons (Fsp3) is 0.462. The second-order valence-electron chi connectivity index (χ2n) is 3.59. The van der Waals surface area contributed by atoms with Gasteiger partial charge in [0.05, 0.1) is 13.7 Å². The van der Waals surface area contributed by atoms with Crippen LogP contribution in [-0.2, 0) is 4.79 Å². The predicted molar refractivity (Wildman–Crippen MR) is 75.8 cm³/mol. The summed E-state index contributed by atoms with van der Waals surface area (Å²) >= 11 is 1.65. The van der Waals surface area contributed by atoms with Crippen molar-refractivity contribution in [2.24, 2.45) is 0 Å². The van der Waals surface area contributed by atoms with E-state index in [0.29, 0.717) is 24.5 Å². The summed E-state index contributed by atoms with van der Waals surface area (Å²) in [6.07, 6.45) is 2.49. The lowest BCUT2D eigenvalue weighted by Gasteiger charge is -2.11. The zero-order valence-corrected chi connectivity index (χ0v) is 11.8. The van der Waals surface area contributed by atoms with Crippen LogP contribution in [0, 0.1) is 0 Å². The third-order valence-corrected chi connectivity index (χ3v) is 2.89. The highest BCUT2D eigenvalue weighted by atomic mass is 32.2. The number of thioether (sulfide) groups is 1. The number of carbonyl (C=O) groups excluding carboxylic acids is 1. The first-order chi connectivity index (χ1) is 8.71. The van der Waals surface area contributed by atoms with E-state index in [1.54, 1.807) is 31.0 Å². The zero-order valence-electron chi connectivity index (χ0n) is 11.0. The van der Waals surface area contributed by atoms with Crippen LogP contribution in [0.15, 0.2) is 18.2 Å². The van der Waals surface area contributed by atoms with Crippen LogP contribution < -0.4 is 14.8 Å². The molecule has 1 rings (SSSR count). The van der Waals surface area contributed by atoms with Gasteiger partial charge in [0, 0.05) is 23.9 Å². The second kappa shape index (κ2) is 7.87. The third kappa shape index (κ3) is 4.49. The fourth-order valence-electron chi connectivity index (χ4n) is 1.44. The SMILES string of the molecule is CCOc1ccc(NC(=O)CCSC)cc1OC. The van der Waals surface area contributed by atoms with Crippen LogP contribution in [0.4, 0.5) is 5.69 Å². The van der Waals surface area contributed by atoms with E-state index in [4.69, 9.17) is 9.47 Å². The van der Waals surface area contributed by atoms with Gasteiger partial charge in [0.15, 0.2) is 11.5 Å². The van der Waals surface area contributed by atoms with Crippen molar-refractivity contribution in [2.75, 3.05) is 31.0 Å². The van der Waals surface area contributed by atoms with Crippen LogP contribution in [0.5, 0.6) is 11.5 Å². The maximum Gasteiger partial charge on any atom is 0.225 e. The molecule has 4 nitrogen and oxygen atoms in total. The Morgan fingerprint density at radius 2 is 2.17 bits per heavy atom. The Kier molecular flexibility index (Phi) is 6.43. The van der Waals surface area contributed by atoms with E-state index in [9.17, 15) is 4.79 Å². The van der Waals surface area contributed by atoms with Crippen LogP contribution in [0.1, 0.15) is 13.3 Å². The van der Waals surface area contributed by atoms with Gasteiger partial charge in [0.2, 0.25) is 5.91 Å². The average Bonchev–Trinajstić information content (AvgIpc) is 2.38. The second-order valence-corrected chi connectivity index (χ2v) is 4.58. The minimum absolute atomic E-state index is 0.00978. The largest absolute Gasteiger partial charge is 0.493 e. The van der Waals surface area contributed by atoms with Gasteiger partial charge in [0.1, 0.15) is 0 Å². The normalized spacial score (nSPS) is 9.94. The quantitative estimate of drug-likeness (QED) is 0.827. The average molecular weight is 269 g/mol. The van der Waals surface area contributed by atoms with Crippen LogP contribution in [-0.4, -0.2) is 31.6 Å². The number of hydrogen-bond donors (Lipinski definition) is 1. The zero-order chi connectivity index (χ0) is 13.4. The van der Waals surface area contributed by atoms with E-state index in [2.05, 4.69) is 5.32 Å². The molecule has 0 aliphatic heterocycles. The molecule has 0 aromatic heterocycles. The molecule has 0 fully saturated rings. The highest BCUT2D eigenvalue weighted by Crippen LogP contribution is 2.30. The molecule has 0 unspecified atom stereocenters. The molecule has 1 N–H and O–H groups in total. The van der Waals surface area contributed by atoms with Gasteiger partial charge >= 0.3 is 0 Å². The molecule has 0 atom stereocenters. The number of amides is 1. The molecule has 0 heterocycles. The Balaban J connectivity index is 2.69. The number of carbonyl (C=O) groups is 1. The van der Waals surface area contributed by atoms with Crippen molar-refractivity contribution in [3.05, 3.63) is 18.2 Å². The van der Waals surface area contributed by atoms with E-state index >= 15 is 0 Å². The van der Waals surface area contributed by atoms with E-state index < -0.39 is 0 Å². The molecule has 18 heavy (non-hydrogen) atoms. The lowest BCUT2D eigenvalue weighted by atomic mass is 10.2. The summed E-state index contributed by atoms with van der Waals surface area (Å²) in [5, 5.41) is 2.83. The Morgan fingerprint density at radius 1 is 1.39 bits per heavy atom. The molecule has 0 saturated carbocycles. The van der Waals surface area contributed by atoms with Crippen molar-refractivity contribution in [1.29, 1.82) is 0 Å². The Hall–Kier alpha value is -1.36. The van der Waals surface area contributed by atoms with Crippen molar-refractivity contribution in [3.63, 3.8) is 0 Å². The minimum Gasteiger partial charge on any atom is -0.493 e. The van der Waals surface area contributed by atoms with Crippen molar-refractivity contribution in [3.8, 4) is 11.5 Å². The van der Waals surface area contributed by atoms with Crippen molar-refractivity contribution in [1.82, 2.24) is 0 Å². The number of methoxy groups -OCH3 is 1. The highest BCUT2D eigenvalue weighted by Gasteiger charge is 2.07. The number of benzene rings is 1. The van der Waals surface area contributed by atoms with Crippen molar-refractivity contribution in [2.45, 2.75) is 13.3 Å². The Morgan fingerprint density at radius 3 is 2.78 bits per heavy atom. The molecule has 1 aromatic rings.